The number of hydrogen-bond acceptors (Lipinski definition) is 4. The van der Waals surface area contributed by atoms with Crippen LogP contribution in [0.1, 0.15) is 0 Å². The van der Waals surface area contributed by atoms with Gasteiger partial charge in [-0.15, -0.1) is 0 Å². The largest absolute Gasteiger partial charge is 0.456 e. The molecular weight excluding hydrogens is 653 g/mol. The van der Waals surface area contributed by atoms with Crippen LogP contribution in [0.5, 0.6) is 0 Å². The lowest BCUT2D eigenvalue weighted by Gasteiger charge is -2.33. The Labute approximate surface area is 307 Å². The average molecular weight is 685 g/mol. The van der Waals surface area contributed by atoms with Crippen molar-refractivity contribution in [3.63, 3.8) is 0 Å². The number of para-hydroxylation sites is 3. The molecule has 0 saturated carbocycles. The molecule has 10 rings (SSSR count). The van der Waals surface area contributed by atoms with Crippen LogP contribution in [0.25, 0.3) is 44.2 Å². The molecule has 0 fully saturated rings. The Balaban J connectivity index is 1.04. The average Bonchev–Trinajstić information content (AvgIpc) is 3.59. The third kappa shape index (κ3) is 5.33. The highest BCUT2D eigenvalue weighted by molar-refractivity contribution is 7.99. The minimum absolute atomic E-state index is 0.873. The number of hydrogen-bond donors (Lipinski definition) is 0. The van der Waals surface area contributed by atoms with Gasteiger partial charge in [-0.05, 0) is 101 Å². The van der Waals surface area contributed by atoms with Crippen LogP contribution in [0.15, 0.2) is 208 Å². The maximum atomic E-state index is 6.34. The van der Waals surface area contributed by atoms with E-state index < -0.39 is 0 Å². The molecule has 0 spiro atoms. The maximum Gasteiger partial charge on any atom is 0.137 e. The van der Waals surface area contributed by atoms with Gasteiger partial charge in [0.2, 0.25) is 0 Å². The summed E-state index contributed by atoms with van der Waals surface area (Å²) in [6, 6.07) is 69.2. The van der Waals surface area contributed by atoms with E-state index in [-0.39, 0.29) is 0 Å². The van der Waals surface area contributed by atoms with Gasteiger partial charge in [0.1, 0.15) is 11.2 Å². The Kier molecular flexibility index (Phi) is 7.40. The Morgan fingerprint density at radius 3 is 1.63 bits per heavy atom. The summed E-state index contributed by atoms with van der Waals surface area (Å²) < 4.78 is 6.34. The van der Waals surface area contributed by atoms with E-state index in [4.69, 9.17) is 4.42 Å². The number of furan rings is 1. The van der Waals surface area contributed by atoms with E-state index in [0.717, 1.165) is 50.3 Å². The lowest BCUT2D eigenvalue weighted by molar-refractivity contribution is 0.669. The van der Waals surface area contributed by atoms with Crippen LogP contribution in [0, 0.1) is 0 Å². The topological polar surface area (TPSA) is 19.6 Å². The molecule has 3 nitrogen and oxygen atoms in total. The van der Waals surface area contributed by atoms with Crippen LogP contribution >= 0.6 is 11.8 Å². The number of fused-ring (bicyclic) bond motifs is 5. The van der Waals surface area contributed by atoms with Gasteiger partial charge >= 0.3 is 0 Å². The van der Waals surface area contributed by atoms with E-state index in [1.807, 2.05) is 23.9 Å². The highest BCUT2D eigenvalue weighted by atomic mass is 32.2. The Bertz CT molecular complexity index is 2670. The summed E-state index contributed by atoms with van der Waals surface area (Å²) in [5.74, 6) is 0. The van der Waals surface area contributed by atoms with Gasteiger partial charge in [-0.3, -0.25) is 0 Å². The first-order valence-corrected chi connectivity index (χ1v) is 18.3. The van der Waals surface area contributed by atoms with E-state index in [1.165, 1.54) is 37.9 Å². The Morgan fingerprint density at radius 1 is 0.385 bits per heavy atom. The van der Waals surface area contributed by atoms with Crippen LogP contribution in [-0.4, -0.2) is 0 Å². The number of nitrogens with zero attached hydrogens (tertiary/aromatic N) is 2. The highest BCUT2D eigenvalue weighted by Gasteiger charge is 2.24. The van der Waals surface area contributed by atoms with E-state index in [0.29, 0.717) is 0 Å². The van der Waals surface area contributed by atoms with Gasteiger partial charge in [0.15, 0.2) is 0 Å². The van der Waals surface area contributed by atoms with E-state index in [9.17, 15) is 0 Å². The van der Waals surface area contributed by atoms with Gasteiger partial charge < -0.3 is 14.2 Å². The molecule has 1 aliphatic heterocycles. The summed E-state index contributed by atoms with van der Waals surface area (Å²) in [6.45, 7) is 0. The molecular formula is C48H32N2OS. The molecule has 1 aliphatic rings. The fourth-order valence-corrected chi connectivity index (χ4v) is 8.40. The molecule has 8 aromatic carbocycles. The summed E-state index contributed by atoms with van der Waals surface area (Å²) in [5, 5.41) is 2.25. The lowest BCUT2D eigenvalue weighted by Crippen LogP contribution is -2.14. The van der Waals surface area contributed by atoms with E-state index >= 15 is 0 Å². The van der Waals surface area contributed by atoms with Gasteiger partial charge in [-0.2, -0.15) is 0 Å². The maximum absolute atomic E-state index is 6.34. The van der Waals surface area contributed by atoms with Gasteiger partial charge in [-0.25, -0.2) is 0 Å². The lowest BCUT2D eigenvalue weighted by atomic mass is 10.0. The minimum Gasteiger partial charge on any atom is -0.456 e. The van der Waals surface area contributed by atoms with Crippen LogP contribution in [0.4, 0.5) is 34.1 Å². The minimum atomic E-state index is 0.873. The molecule has 4 heteroatoms. The number of benzene rings is 8. The van der Waals surface area contributed by atoms with Crippen LogP contribution in [-0.2, 0) is 0 Å². The first-order chi connectivity index (χ1) is 25.8. The fourth-order valence-electron chi connectivity index (χ4n) is 7.34. The molecule has 246 valence electrons. The van der Waals surface area contributed by atoms with Gasteiger partial charge in [0.05, 0.1) is 11.4 Å². The number of rotatable bonds is 6. The molecule has 0 radical (unpaired) electrons. The summed E-state index contributed by atoms with van der Waals surface area (Å²) in [5.41, 5.74) is 13.2. The molecule has 0 aliphatic carbocycles. The molecule has 1 aromatic heterocycles. The van der Waals surface area contributed by atoms with Gasteiger partial charge in [0.25, 0.3) is 0 Å². The summed E-state index contributed by atoms with van der Waals surface area (Å²) >= 11 is 1.83. The molecule has 0 saturated heterocycles. The molecule has 0 N–H and O–H groups in total. The standard InChI is InChI=1S/C48H32N2OS/c1-2-11-33(12-3-1)34-21-25-37(26-22-34)49(40-29-30-42-41-15-4-7-18-45(41)51-46(42)32-40)38-27-23-35(24-28-38)36-13-10-14-39(31-36)50-43-16-5-8-19-47(43)52-48-20-9-6-17-44(48)50/h1-32H. The predicted octanol–water partition coefficient (Wildman–Crippen LogP) is 14.3. The zero-order valence-corrected chi connectivity index (χ0v) is 29.0. The van der Waals surface area contributed by atoms with Crippen molar-refractivity contribution >= 4 is 67.8 Å². The third-order valence-electron chi connectivity index (χ3n) is 9.85. The molecule has 0 unspecified atom stereocenters. The molecule has 52 heavy (non-hydrogen) atoms. The van der Waals surface area contributed by atoms with E-state index in [1.54, 1.807) is 0 Å². The molecule has 9 aromatic rings. The summed E-state index contributed by atoms with van der Waals surface area (Å²) in [4.78, 5) is 7.21. The Morgan fingerprint density at radius 2 is 0.923 bits per heavy atom. The predicted molar refractivity (Wildman–Crippen MR) is 218 cm³/mol. The van der Waals surface area contributed by atoms with Crippen molar-refractivity contribution in [2.75, 3.05) is 9.80 Å². The van der Waals surface area contributed by atoms with Gasteiger partial charge in [0, 0.05) is 49.4 Å². The van der Waals surface area contributed by atoms with E-state index in [2.05, 4.69) is 192 Å². The third-order valence-corrected chi connectivity index (χ3v) is 11.0. The van der Waals surface area contributed by atoms with Crippen molar-refractivity contribution in [2.45, 2.75) is 9.79 Å². The normalized spacial score (nSPS) is 12.1. The molecule has 0 atom stereocenters. The van der Waals surface area contributed by atoms with Crippen molar-refractivity contribution in [3.8, 4) is 22.3 Å². The van der Waals surface area contributed by atoms with Crippen LogP contribution < -0.4 is 9.80 Å². The van der Waals surface area contributed by atoms with Crippen molar-refractivity contribution in [1.82, 2.24) is 0 Å². The number of anilines is 6. The van der Waals surface area contributed by atoms with Crippen molar-refractivity contribution in [1.29, 1.82) is 0 Å². The van der Waals surface area contributed by atoms with Crippen LogP contribution in [0.3, 0.4) is 0 Å². The quantitative estimate of drug-likeness (QED) is 0.174. The van der Waals surface area contributed by atoms with Crippen molar-refractivity contribution < 1.29 is 4.42 Å². The first kappa shape index (κ1) is 30.3. The zero-order chi connectivity index (χ0) is 34.4. The summed E-state index contributed by atoms with van der Waals surface area (Å²) in [7, 11) is 0. The second-order valence-corrected chi connectivity index (χ2v) is 14.1. The van der Waals surface area contributed by atoms with Crippen molar-refractivity contribution in [3.05, 3.63) is 194 Å². The first-order valence-electron chi connectivity index (χ1n) is 17.5. The molecule has 0 bridgehead atoms. The smallest absolute Gasteiger partial charge is 0.137 e. The monoisotopic (exact) mass is 684 g/mol. The van der Waals surface area contributed by atoms with Crippen LogP contribution in [0.2, 0.25) is 0 Å². The van der Waals surface area contributed by atoms with Gasteiger partial charge in [-0.1, -0.05) is 121 Å². The fraction of sp³-hybridized carbons (Fsp3) is 0. The summed E-state index contributed by atoms with van der Waals surface area (Å²) in [6.07, 6.45) is 0. The molecule has 0 amide bonds. The Hall–Kier alpha value is -6.49. The molecule has 2 heterocycles. The second kappa shape index (κ2) is 12.7. The SMILES string of the molecule is c1ccc(-c2ccc(N(c3ccc(-c4cccc(N5c6ccccc6Sc6ccccc65)c4)cc3)c3ccc4c(c3)oc3ccccc34)cc2)cc1. The van der Waals surface area contributed by atoms with Crippen molar-refractivity contribution in [2.24, 2.45) is 0 Å². The zero-order valence-electron chi connectivity index (χ0n) is 28.2. The highest BCUT2D eigenvalue weighted by Crippen LogP contribution is 2.51. The second-order valence-electron chi connectivity index (χ2n) is 13.0.